The van der Waals surface area contributed by atoms with Crippen LogP contribution in [0.5, 0.6) is 11.5 Å². The van der Waals surface area contributed by atoms with Crippen molar-refractivity contribution in [2.45, 2.75) is 0 Å². The van der Waals surface area contributed by atoms with Crippen molar-refractivity contribution in [3.63, 3.8) is 0 Å². The summed E-state index contributed by atoms with van der Waals surface area (Å²) < 4.78 is 10.3. The Bertz CT molecular complexity index is 739. The number of benzene rings is 2. The normalized spacial score (nSPS) is 9.68. The first-order valence-electron chi connectivity index (χ1n) is 7.49. The Labute approximate surface area is 151 Å². The quantitative estimate of drug-likeness (QED) is 0.464. The molecular formula is C17H20N4O3S. The van der Waals surface area contributed by atoms with E-state index in [4.69, 9.17) is 21.7 Å². The summed E-state index contributed by atoms with van der Waals surface area (Å²) in [6.45, 7) is 0.0646. The van der Waals surface area contributed by atoms with Gasteiger partial charge in [0.1, 0.15) is 11.5 Å². The average Bonchev–Trinajstić information content (AvgIpc) is 2.65. The molecule has 0 unspecified atom stereocenters. The van der Waals surface area contributed by atoms with Crippen molar-refractivity contribution in [1.29, 1.82) is 0 Å². The van der Waals surface area contributed by atoms with E-state index in [2.05, 4.69) is 21.5 Å². The summed E-state index contributed by atoms with van der Waals surface area (Å²) in [4.78, 5) is 11.9. The van der Waals surface area contributed by atoms with Gasteiger partial charge in [-0.2, -0.15) is 0 Å². The van der Waals surface area contributed by atoms with Crippen LogP contribution in [-0.4, -0.2) is 31.8 Å². The second-order valence-corrected chi connectivity index (χ2v) is 5.32. The lowest BCUT2D eigenvalue weighted by atomic mass is 10.3. The highest BCUT2D eigenvalue weighted by atomic mass is 32.1. The number of hydrazine groups is 1. The van der Waals surface area contributed by atoms with Crippen molar-refractivity contribution >= 4 is 34.6 Å². The molecule has 0 atom stereocenters. The first-order chi connectivity index (χ1) is 12.1. The third kappa shape index (κ3) is 5.85. The van der Waals surface area contributed by atoms with E-state index < -0.39 is 0 Å². The first kappa shape index (κ1) is 18.3. The molecule has 0 heterocycles. The fourth-order valence-electron chi connectivity index (χ4n) is 2.00. The molecule has 0 saturated carbocycles. The van der Waals surface area contributed by atoms with E-state index >= 15 is 0 Å². The van der Waals surface area contributed by atoms with Gasteiger partial charge < -0.3 is 20.1 Å². The Morgan fingerprint density at radius 1 is 1.04 bits per heavy atom. The van der Waals surface area contributed by atoms with Gasteiger partial charge in [-0.3, -0.25) is 15.6 Å². The molecule has 0 fully saturated rings. The van der Waals surface area contributed by atoms with Gasteiger partial charge in [0.15, 0.2) is 5.11 Å². The summed E-state index contributed by atoms with van der Waals surface area (Å²) in [6.07, 6.45) is 0. The molecule has 0 aliphatic carbocycles. The second-order valence-electron chi connectivity index (χ2n) is 4.91. The summed E-state index contributed by atoms with van der Waals surface area (Å²) in [7, 11) is 3.16. The predicted molar refractivity (Wildman–Crippen MR) is 102 cm³/mol. The van der Waals surface area contributed by atoms with Gasteiger partial charge in [0.05, 0.1) is 26.5 Å². The van der Waals surface area contributed by atoms with Gasteiger partial charge in [0.2, 0.25) is 0 Å². The van der Waals surface area contributed by atoms with Crippen molar-refractivity contribution in [1.82, 2.24) is 10.9 Å². The number of carbonyl (C=O) groups is 1. The molecule has 25 heavy (non-hydrogen) atoms. The number of nitrogens with one attached hydrogen (secondary N) is 4. The lowest BCUT2D eigenvalue weighted by molar-refractivity contribution is -0.119. The van der Waals surface area contributed by atoms with Gasteiger partial charge in [-0.25, -0.2) is 0 Å². The zero-order valence-corrected chi connectivity index (χ0v) is 14.8. The molecule has 0 spiro atoms. The molecule has 1 amide bonds. The minimum Gasteiger partial charge on any atom is -0.497 e. The zero-order valence-electron chi connectivity index (χ0n) is 14.0. The molecule has 2 aromatic carbocycles. The summed E-state index contributed by atoms with van der Waals surface area (Å²) in [5, 5.41) is 6.21. The molecule has 4 N–H and O–H groups in total. The molecule has 7 nitrogen and oxygen atoms in total. The summed E-state index contributed by atoms with van der Waals surface area (Å²) in [5.74, 6) is 1.09. The van der Waals surface area contributed by atoms with Crippen LogP contribution in [0.25, 0.3) is 0 Å². The van der Waals surface area contributed by atoms with Crippen LogP contribution in [0.4, 0.5) is 11.4 Å². The number of rotatable bonds is 6. The highest BCUT2D eigenvalue weighted by Crippen LogP contribution is 2.22. The fourth-order valence-corrected chi connectivity index (χ4v) is 2.17. The van der Waals surface area contributed by atoms with E-state index in [-0.39, 0.29) is 17.6 Å². The number of hydrogen-bond donors (Lipinski definition) is 4. The van der Waals surface area contributed by atoms with Crippen LogP contribution in [-0.2, 0) is 4.79 Å². The summed E-state index contributed by atoms with van der Waals surface area (Å²) in [6, 6.07) is 14.6. The number of amides is 1. The molecule has 2 rings (SSSR count). The third-order valence-corrected chi connectivity index (χ3v) is 3.39. The lowest BCUT2D eigenvalue weighted by Gasteiger charge is -2.13. The topological polar surface area (TPSA) is 83.7 Å². The molecule has 0 radical (unpaired) electrons. The van der Waals surface area contributed by atoms with Crippen molar-refractivity contribution in [2.24, 2.45) is 0 Å². The second kappa shape index (κ2) is 9.33. The van der Waals surface area contributed by atoms with E-state index in [1.54, 1.807) is 20.3 Å². The molecule has 0 bridgehead atoms. The van der Waals surface area contributed by atoms with Crippen LogP contribution in [0.3, 0.4) is 0 Å². The smallest absolute Gasteiger partial charge is 0.257 e. The number of carbonyl (C=O) groups excluding carboxylic acids is 1. The van der Waals surface area contributed by atoms with Crippen molar-refractivity contribution < 1.29 is 14.3 Å². The van der Waals surface area contributed by atoms with E-state index in [0.29, 0.717) is 11.5 Å². The maximum atomic E-state index is 11.9. The van der Waals surface area contributed by atoms with Crippen molar-refractivity contribution in [2.75, 3.05) is 31.4 Å². The molecule has 132 valence electrons. The van der Waals surface area contributed by atoms with Gasteiger partial charge in [-0.05, 0) is 36.5 Å². The Hall–Kier alpha value is -3.00. The van der Waals surface area contributed by atoms with Crippen LogP contribution >= 0.6 is 12.2 Å². The largest absolute Gasteiger partial charge is 0.497 e. The SMILES string of the molecule is COc1cccc(NC(=S)NNC(=O)CNc2ccccc2OC)c1. The highest BCUT2D eigenvalue weighted by Gasteiger charge is 2.05. The number of hydrogen-bond acceptors (Lipinski definition) is 5. The predicted octanol–water partition coefficient (Wildman–Crippen LogP) is 2.13. The molecular weight excluding hydrogens is 340 g/mol. The van der Waals surface area contributed by atoms with Crippen LogP contribution in [0.1, 0.15) is 0 Å². The number of anilines is 2. The molecule has 2 aromatic rings. The Kier molecular flexibility index (Phi) is 6.85. The van der Waals surface area contributed by atoms with Crippen LogP contribution < -0.4 is 31.0 Å². The average molecular weight is 360 g/mol. The molecule has 0 aromatic heterocycles. The van der Waals surface area contributed by atoms with E-state index in [0.717, 1.165) is 11.4 Å². The maximum absolute atomic E-state index is 11.9. The maximum Gasteiger partial charge on any atom is 0.257 e. The first-order valence-corrected chi connectivity index (χ1v) is 7.90. The lowest BCUT2D eigenvalue weighted by Crippen LogP contribution is -2.45. The standard InChI is InChI=1S/C17H20N4O3S/c1-23-13-7-5-6-12(10-13)19-17(25)21-20-16(22)11-18-14-8-3-4-9-15(14)24-2/h3-10,18H,11H2,1-2H3,(H,20,22)(H2,19,21,25). The van der Waals surface area contributed by atoms with Gasteiger partial charge in [0.25, 0.3) is 5.91 Å². The number of methoxy groups -OCH3 is 2. The highest BCUT2D eigenvalue weighted by molar-refractivity contribution is 7.80. The van der Waals surface area contributed by atoms with Crippen molar-refractivity contribution in [3.05, 3.63) is 48.5 Å². The van der Waals surface area contributed by atoms with E-state index in [1.807, 2.05) is 42.5 Å². The monoisotopic (exact) mass is 360 g/mol. The number of ether oxygens (including phenoxy) is 2. The molecule has 0 aliphatic rings. The van der Waals surface area contributed by atoms with E-state index in [9.17, 15) is 4.79 Å². The Balaban J connectivity index is 1.76. The fraction of sp³-hybridized carbons (Fsp3) is 0.176. The van der Waals surface area contributed by atoms with Gasteiger partial charge in [-0.15, -0.1) is 0 Å². The third-order valence-electron chi connectivity index (χ3n) is 3.19. The summed E-state index contributed by atoms with van der Waals surface area (Å²) >= 11 is 5.13. The Morgan fingerprint density at radius 2 is 1.84 bits per heavy atom. The van der Waals surface area contributed by atoms with Crippen LogP contribution in [0.15, 0.2) is 48.5 Å². The molecule has 8 heteroatoms. The Morgan fingerprint density at radius 3 is 2.60 bits per heavy atom. The van der Waals surface area contributed by atoms with Crippen LogP contribution in [0.2, 0.25) is 0 Å². The molecule has 0 saturated heterocycles. The van der Waals surface area contributed by atoms with Gasteiger partial charge >= 0.3 is 0 Å². The van der Waals surface area contributed by atoms with Gasteiger partial charge in [-0.1, -0.05) is 18.2 Å². The summed E-state index contributed by atoms with van der Waals surface area (Å²) in [5.41, 5.74) is 6.64. The number of para-hydroxylation sites is 2. The van der Waals surface area contributed by atoms with Crippen LogP contribution in [0, 0.1) is 0 Å². The van der Waals surface area contributed by atoms with Crippen molar-refractivity contribution in [3.8, 4) is 11.5 Å². The minimum absolute atomic E-state index is 0.0646. The minimum atomic E-state index is -0.277. The number of thiocarbonyl (C=S) groups is 1. The molecule has 0 aliphatic heterocycles. The zero-order chi connectivity index (χ0) is 18.1. The van der Waals surface area contributed by atoms with Gasteiger partial charge in [0, 0.05) is 11.8 Å². The van der Waals surface area contributed by atoms with E-state index in [1.165, 1.54) is 0 Å².